The zero-order valence-corrected chi connectivity index (χ0v) is 11.0. The maximum atomic E-state index is 11.7. The molecule has 1 aliphatic rings. The largest absolute Gasteiger partial charge is 0.350 e. The van der Waals surface area contributed by atoms with Gasteiger partial charge < -0.3 is 5.32 Å². The first-order valence-corrected chi connectivity index (χ1v) is 6.26. The number of terminal acetylenes is 1. The van der Waals surface area contributed by atoms with E-state index in [0.717, 1.165) is 12.1 Å². The van der Waals surface area contributed by atoms with Gasteiger partial charge in [0.25, 0.3) is 0 Å². The van der Waals surface area contributed by atoms with Gasteiger partial charge in [0.1, 0.15) is 0 Å². The van der Waals surface area contributed by atoms with Crippen LogP contribution in [0.3, 0.4) is 0 Å². The molecule has 100 valence electrons. The summed E-state index contributed by atoms with van der Waals surface area (Å²) in [6.45, 7) is 0.487. The van der Waals surface area contributed by atoms with Gasteiger partial charge in [-0.1, -0.05) is 0 Å². The second-order valence-corrected chi connectivity index (χ2v) is 4.61. The maximum Gasteiger partial charge on any atom is 0.220 e. The second kappa shape index (κ2) is 5.65. The molecule has 0 aliphatic carbocycles. The molecule has 6 nitrogen and oxygen atoms in total. The topological polar surface area (TPSA) is 71.6 Å². The second-order valence-electron chi connectivity index (χ2n) is 4.61. The van der Waals surface area contributed by atoms with Gasteiger partial charge in [-0.2, -0.15) is 15.3 Å². The standard InChI is InChI=1S/C13H17N5O/c1-3-4-7-13(16-17-13)8-5-12(19)14-10-11-6-9-15-18(11)2/h1,6,9H,4-5,7-8,10H2,2H3,(H,14,19). The number of nitrogens with zero attached hydrogens (tertiary/aromatic N) is 4. The van der Waals surface area contributed by atoms with Crippen molar-refractivity contribution in [2.75, 3.05) is 0 Å². The van der Waals surface area contributed by atoms with Crippen molar-refractivity contribution in [2.24, 2.45) is 17.3 Å². The van der Waals surface area contributed by atoms with Gasteiger partial charge in [-0.05, 0) is 6.07 Å². The van der Waals surface area contributed by atoms with Crippen LogP contribution in [0, 0.1) is 12.3 Å². The number of carbonyl (C=O) groups is 1. The van der Waals surface area contributed by atoms with Crippen LogP contribution in [0.25, 0.3) is 0 Å². The summed E-state index contributed by atoms with van der Waals surface area (Å²) < 4.78 is 1.74. The van der Waals surface area contributed by atoms with E-state index in [1.807, 2.05) is 13.1 Å². The zero-order chi connectivity index (χ0) is 13.7. The molecule has 1 aliphatic heterocycles. The van der Waals surface area contributed by atoms with Crippen LogP contribution in [0.1, 0.15) is 31.4 Å². The van der Waals surface area contributed by atoms with Gasteiger partial charge in [-0.25, -0.2) is 0 Å². The molecule has 0 saturated carbocycles. The molecule has 2 rings (SSSR count). The SMILES string of the molecule is C#CCCC1(CCC(=O)NCc2ccnn2C)N=N1. The summed E-state index contributed by atoms with van der Waals surface area (Å²) in [4.78, 5) is 11.7. The molecule has 0 spiro atoms. The number of hydrogen-bond acceptors (Lipinski definition) is 4. The molecule has 0 atom stereocenters. The Morgan fingerprint density at radius 3 is 2.89 bits per heavy atom. The van der Waals surface area contributed by atoms with Crippen LogP contribution in [-0.2, 0) is 18.4 Å². The number of carbonyl (C=O) groups excluding carboxylic acids is 1. The van der Waals surface area contributed by atoms with Crippen molar-refractivity contribution < 1.29 is 4.79 Å². The first-order chi connectivity index (χ1) is 9.15. The number of amides is 1. The van der Waals surface area contributed by atoms with Gasteiger partial charge in [-0.15, -0.1) is 12.3 Å². The maximum absolute atomic E-state index is 11.7. The highest BCUT2D eigenvalue weighted by atomic mass is 16.1. The van der Waals surface area contributed by atoms with Crippen molar-refractivity contribution >= 4 is 5.91 Å². The Labute approximate surface area is 112 Å². The van der Waals surface area contributed by atoms with Crippen LogP contribution in [0.2, 0.25) is 0 Å². The Hall–Kier alpha value is -2.16. The zero-order valence-electron chi connectivity index (χ0n) is 11.0. The molecule has 0 aromatic carbocycles. The van der Waals surface area contributed by atoms with Gasteiger partial charge in [0, 0.05) is 38.9 Å². The smallest absolute Gasteiger partial charge is 0.220 e. The predicted molar refractivity (Wildman–Crippen MR) is 69.9 cm³/mol. The number of hydrogen-bond donors (Lipinski definition) is 1. The lowest BCUT2D eigenvalue weighted by atomic mass is 10.0. The van der Waals surface area contributed by atoms with E-state index in [1.165, 1.54) is 0 Å². The minimum Gasteiger partial charge on any atom is -0.350 e. The lowest BCUT2D eigenvalue weighted by Gasteiger charge is -2.09. The molecule has 2 heterocycles. The first-order valence-electron chi connectivity index (χ1n) is 6.26. The van der Waals surface area contributed by atoms with E-state index in [9.17, 15) is 4.79 Å². The highest BCUT2D eigenvalue weighted by molar-refractivity contribution is 5.75. The third-order valence-electron chi connectivity index (χ3n) is 3.19. The van der Waals surface area contributed by atoms with Crippen molar-refractivity contribution in [3.8, 4) is 12.3 Å². The summed E-state index contributed by atoms with van der Waals surface area (Å²) in [5, 5.41) is 14.9. The van der Waals surface area contributed by atoms with E-state index in [0.29, 0.717) is 25.8 Å². The Kier molecular flexibility index (Phi) is 3.95. The monoisotopic (exact) mass is 259 g/mol. The van der Waals surface area contributed by atoms with Crippen LogP contribution in [0.4, 0.5) is 0 Å². The van der Waals surface area contributed by atoms with Crippen LogP contribution in [-0.4, -0.2) is 21.4 Å². The third kappa shape index (κ3) is 3.65. The van der Waals surface area contributed by atoms with Crippen molar-refractivity contribution in [2.45, 2.75) is 37.9 Å². The first kappa shape index (κ1) is 13.3. The number of nitrogens with one attached hydrogen (secondary N) is 1. The molecule has 6 heteroatoms. The molecule has 0 saturated heterocycles. The molecule has 0 bridgehead atoms. The summed E-state index contributed by atoms with van der Waals surface area (Å²) in [5.74, 6) is 2.57. The number of aromatic nitrogens is 2. The summed E-state index contributed by atoms with van der Waals surface area (Å²) in [7, 11) is 1.85. The minimum atomic E-state index is -0.379. The van der Waals surface area contributed by atoms with Crippen molar-refractivity contribution in [1.82, 2.24) is 15.1 Å². The Morgan fingerprint density at radius 1 is 1.53 bits per heavy atom. The molecule has 1 aromatic rings. The molecule has 1 N–H and O–H groups in total. The fraction of sp³-hybridized carbons (Fsp3) is 0.538. The van der Waals surface area contributed by atoms with Crippen molar-refractivity contribution in [3.63, 3.8) is 0 Å². The van der Waals surface area contributed by atoms with Gasteiger partial charge in [0.15, 0.2) is 5.66 Å². The lowest BCUT2D eigenvalue weighted by Crippen LogP contribution is -2.25. The minimum absolute atomic E-state index is 0.00131. The van der Waals surface area contributed by atoms with Gasteiger partial charge >= 0.3 is 0 Å². The lowest BCUT2D eigenvalue weighted by molar-refractivity contribution is -0.121. The normalized spacial score (nSPS) is 14.9. The molecule has 19 heavy (non-hydrogen) atoms. The highest BCUT2D eigenvalue weighted by Gasteiger charge is 2.39. The summed E-state index contributed by atoms with van der Waals surface area (Å²) in [6.07, 6.45) is 9.34. The molecule has 0 unspecified atom stereocenters. The van der Waals surface area contributed by atoms with E-state index in [2.05, 4.69) is 26.6 Å². The fourth-order valence-electron chi connectivity index (χ4n) is 1.83. The van der Waals surface area contributed by atoms with E-state index in [4.69, 9.17) is 6.42 Å². The Morgan fingerprint density at radius 2 is 2.32 bits per heavy atom. The van der Waals surface area contributed by atoms with Crippen molar-refractivity contribution in [1.29, 1.82) is 0 Å². The average Bonchev–Trinajstić information content (AvgIpc) is 3.07. The molecule has 0 fully saturated rings. The third-order valence-corrected chi connectivity index (χ3v) is 3.19. The molecule has 1 aromatic heterocycles. The van der Waals surface area contributed by atoms with E-state index in [1.54, 1.807) is 10.9 Å². The predicted octanol–water partition coefficient (Wildman–Crippen LogP) is 1.39. The quantitative estimate of drug-likeness (QED) is 0.752. The Bertz CT molecular complexity index is 519. The number of rotatable bonds is 7. The van der Waals surface area contributed by atoms with Crippen LogP contribution in [0.15, 0.2) is 22.5 Å². The van der Waals surface area contributed by atoms with Gasteiger partial charge in [-0.3, -0.25) is 9.48 Å². The summed E-state index contributed by atoms with van der Waals surface area (Å²) in [6, 6.07) is 1.88. The van der Waals surface area contributed by atoms with Gasteiger partial charge in [0.2, 0.25) is 5.91 Å². The van der Waals surface area contributed by atoms with Crippen LogP contribution >= 0.6 is 0 Å². The van der Waals surface area contributed by atoms with Gasteiger partial charge in [0.05, 0.1) is 12.2 Å². The Balaban J connectivity index is 1.68. The van der Waals surface area contributed by atoms with Crippen LogP contribution < -0.4 is 5.32 Å². The van der Waals surface area contributed by atoms with E-state index < -0.39 is 0 Å². The summed E-state index contributed by atoms with van der Waals surface area (Å²) in [5.41, 5.74) is 0.590. The molecular weight excluding hydrogens is 242 g/mol. The average molecular weight is 259 g/mol. The fourth-order valence-corrected chi connectivity index (χ4v) is 1.83. The summed E-state index contributed by atoms with van der Waals surface area (Å²) >= 11 is 0. The molecule has 0 radical (unpaired) electrons. The highest BCUT2D eigenvalue weighted by Crippen LogP contribution is 2.37. The van der Waals surface area contributed by atoms with E-state index in [-0.39, 0.29) is 11.6 Å². The van der Waals surface area contributed by atoms with Crippen molar-refractivity contribution in [3.05, 3.63) is 18.0 Å². The van der Waals surface area contributed by atoms with E-state index >= 15 is 0 Å². The molecule has 1 amide bonds. The molecular formula is C13H17N5O. The number of aryl methyl sites for hydroxylation is 1. The van der Waals surface area contributed by atoms with Crippen LogP contribution in [0.5, 0.6) is 0 Å².